The minimum atomic E-state index is -0.632. The third-order valence-electron chi connectivity index (χ3n) is 3.71. The predicted molar refractivity (Wildman–Crippen MR) is 84.9 cm³/mol. The Bertz CT molecular complexity index is 739. The van der Waals surface area contributed by atoms with E-state index in [2.05, 4.69) is 9.97 Å². The lowest BCUT2D eigenvalue weighted by Crippen LogP contribution is -2.31. The number of halogens is 2. The Morgan fingerprint density at radius 1 is 1.33 bits per heavy atom. The molecule has 0 N–H and O–H groups in total. The molecule has 0 radical (unpaired) electrons. The number of carbonyl (C=O) groups is 1. The Morgan fingerprint density at radius 3 is 2.79 bits per heavy atom. The first-order chi connectivity index (χ1) is 11.6. The topological polar surface area (TPSA) is 64.6 Å². The summed E-state index contributed by atoms with van der Waals surface area (Å²) < 4.78 is 24.7. The zero-order valence-corrected chi connectivity index (χ0v) is 13.7. The fourth-order valence-corrected chi connectivity index (χ4v) is 2.80. The van der Waals surface area contributed by atoms with Crippen LogP contribution in [0.5, 0.6) is 11.8 Å². The molecule has 0 spiro atoms. The van der Waals surface area contributed by atoms with Crippen molar-refractivity contribution in [3.8, 4) is 11.8 Å². The number of nitrogens with zero attached hydrogens (tertiary/aromatic N) is 3. The predicted octanol–water partition coefficient (Wildman–Crippen LogP) is 2.57. The van der Waals surface area contributed by atoms with E-state index in [1.807, 2.05) is 0 Å². The normalized spacial score (nSPS) is 17.0. The van der Waals surface area contributed by atoms with Crippen molar-refractivity contribution in [2.24, 2.45) is 0 Å². The molecule has 2 aromatic rings. The number of rotatable bonds is 4. The fourth-order valence-electron chi connectivity index (χ4n) is 2.56. The lowest BCUT2D eigenvalue weighted by molar-refractivity contribution is 0.0765. The van der Waals surface area contributed by atoms with E-state index in [1.165, 1.54) is 42.6 Å². The molecule has 1 atom stereocenters. The lowest BCUT2D eigenvalue weighted by atomic mass is 10.2. The zero-order valence-electron chi connectivity index (χ0n) is 12.9. The van der Waals surface area contributed by atoms with Crippen molar-refractivity contribution in [1.29, 1.82) is 0 Å². The Morgan fingerprint density at radius 2 is 2.08 bits per heavy atom. The number of amides is 1. The first-order valence-corrected chi connectivity index (χ1v) is 7.73. The summed E-state index contributed by atoms with van der Waals surface area (Å²) in [5, 5.41) is 0.0972. The molecular weight excluding hydrogens is 337 g/mol. The summed E-state index contributed by atoms with van der Waals surface area (Å²) in [5.41, 5.74) is -0.114. The summed E-state index contributed by atoms with van der Waals surface area (Å²) in [7, 11) is 1.47. The van der Waals surface area contributed by atoms with E-state index >= 15 is 0 Å². The minimum absolute atomic E-state index is 0.0972. The molecule has 0 saturated carbocycles. The summed E-state index contributed by atoms with van der Waals surface area (Å²) in [4.78, 5) is 22.1. The van der Waals surface area contributed by atoms with Crippen molar-refractivity contribution in [3.05, 3.63) is 47.0 Å². The molecular formula is C16H15ClFN3O3. The van der Waals surface area contributed by atoms with Gasteiger partial charge in [-0.3, -0.25) is 4.79 Å². The lowest BCUT2D eigenvalue weighted by Gasteiger charge is -2.18. The quantitative estimate of drug-likeness (QED) is 0.847. The van der Waals surface area contributed by atoms with E-state index in [-0.39, 0.29) is 28.5 Å². The number of ether oxygens (including phenoxy) is 2. The smallest absolute Gasteiger partial charge is 0.278 e. The molecule has 1 aromatic carbocycles. The average molecular weight is 352 g/mol. The maximum Gasteiger partial charge on any atom is 0.278 e. The van der Waals surface area contributed by atoms with Gasteiger partial charge < -0.3 is 14.4 Å². The molecule has 24 heavy (non-hydrogen) atoms. The van der Waals surface area contributed by atoms with Gasteiger partial charge in [0.2, 0.25) is 0 Å². The molecule has 3 rings (SSSR count). The monoisotopic (exact) mass is 351 g/mol. The zero-order chi connectivity index (χ0) is 17.1. The average Bonchev–Trinajstić information content (AvgIpc) is 3.03. The molecule has 1 fully saturated rings. The summed E-state index contributed by atoms with van der Waals surface area (Å²) in [6.07, 6.45) is 3.31. The third-order valence-corrected chi connectivity index (χ3v) is 4.03. The van der Waals surface area contributed by atoms with Gasteiger partial charge >= 0.3 is 0 Å². The Balaban J connectivity index is 1.70. The van der Waals surface area contributed by atoms with Gasteiger partial charge in [-0.25, -0.2) is 14.4 Å². The van der Waals surface area contributed by atoms with Crippen molar-refractivity contribution in [2.45, 2.75) is 12.5 Å². The maximum absolute atomic E-state index is 13.9. The molecule has 0 unspecified atom stereocenters. The van der Waals surface area contributed by atoms with Gasteiger partial charge in [-0.05, 0) is 12.1 Å². The largest absolute Gasteiger partial charge is 0.477 e. The second-order valence-electron chi connectivity index (χ2n) is 5.25. The van der Waals surface area contributed by atoms with Gasteiger partial charge in [0.25, 0.3) is 17.7 Å². The maximum atomic E-state index is 13.9. The van der Waals surface area contributed by atoms with E-state index in [0.29, 0.717) is 19.5 Å². The molecule has 126 valence electrons. The number of hydrogen-bond donors (Lipinski definition) is 0. The first-order valence-electron chi connectivity index (χ1n) is 7.35. The molecule has 1 amide bonds. The van der Waals surface area contributed by atoms with Crippen LogP contribution in [0.2, 0.25) is 5.02 Å². The van der Waals surface area contributed by atoms with Crippen molar-refractivity contribution in [3.63, 3.8) is 0 Å². The van der Waals surface area contributed by atoms with Gasteiger partial charge in [0.15, 0.2) is 0 Å². The van der Waals surface area contributed by atoms with Crippen molar-refractivity contribution < 1.29 is 18.7 Å². The highest BCUT2D eigenvalue weighted by molar-refractivity contribution is 6.33. The summed E-state index contributed by atoms with van der Waals surface area (Å²) in [5.74, 6) is -0.537. The van der Waals surface area contributed by atoms with Gasteiger partial charge in [0.05, 0.1) is 24.2 Å². The Labute approximate surface area is 143 Å². The highest BCUT2D eigenvalue weighted by atomic mass is 35.5. The molecule has 1 saturated heterocycles. The van der Waals surface area contributed by atoms with E-state index in [0.717, 1.165) is 0 Å². The van der Waals surface area contributed by atoms with Crippen LogP contribution in [0.3, 0.4) is 0 Å². The first kappa shape index (κ1) is 16.4. The van der Waals surface area contributed by atoms with Crippen molar-refractivity contribution in [2.75, 3.05) is 20.2 Å². The van der Waals surface area contributed by atoms with Crippen LogP contribution in [-0.4, -0.2) is 47.1 Å². The second-order valence-corrected chi connectivity index (χ2v) is 5.65. The van der Waals surface area contributed by atoms with Crippen LogP contribution >= 0.6 is 11.6 Å². The number of carbonyl (C=O) groups excluding carboxylic acids is 1. The van der Waals surface area contributed by atoms with E-state index in [4.69, 9.17) is 21.1 Å². The van der Waals surface area contributed by atoms with Crippen LogP contribution in [0.25, 0.3) is 0 Å². The summed E-state index contributed by atoms with van der Waals surface area (Å²) in [6, 6.07) is 4.17. The van der Waals surface area contributed by atoms with Gasteiger partial charge in [-0.1, -0.05) is 17.7 Å². The van der Waals surface area contributed by atoms with Crippen LogP contribution in [0, 0.1) is 5.82 Å². The van der Waals surface area contributed by atoms with Gasteiger partial charge in [0.1, 0.15) is 11.9 Å². The number of methoxy groups -OCH3 is 1. The second kappa shape index (κ2) is 7.00. The van der Waals surface area contributed by atoms with Crippen molar-refractivity contribution in [1.82, 2.24) is 14.9 Å². The molecule has 6 nitrogen and oxygen atoms in total. The van der Waals surface area contributed by atoms with E-state index < -0.39 is 11.7 Å². The van der Waals surface area contributed by atoms with Crippen LogP contribution in [0.4, 0.5) is 4.39 Å². The fraction of sp³-hybridized carbons (Fsp3) is 0.312. The SMILES string of the molecule is COc1nccnc1O[C@H]1CCN(C(=O)c2c(F)cccc2Cl)C1. The highest BCUT2D eigenvalue weighted by Crippen LogP contribution is 2.26. The standard InChI is InChI=1S/C16H15ClFN3O3/c1-23-14-15(20-7-6-19-14)24-10-5-8-21(9-10)16(22)13-11(17)3-2-4-12(13)18/h2-4,6-7,10H,5,8-9H2,1H3/t10-/m0/s1. The van der Waals surface area contributed by atoms with E-state index in [9.17, 15) is 9.18 Å². The Kier molecular flexibility index (Phi) is 4.80. The molecule has 8 heteroatoms. The number of aromatic nitrogens is 2. The molecule has 0 bridgehead atoms. The molecule has 1 aromatic heterocycles. The van der Waals surface area contributed by atoms with Crippen LogP contribution < -0.4 is 9.47 Å². The van der Waals surface area contributed by atoms with Crippen LogP contribution in [0.1, 0.15) is 16.8 Å². The molecule has 0 aliphatic carbocycles. The van der Waals surface area contributed by atoms with Crippen molar-refractivity contribution >= 4 is 17.5 Å². The van der Waals surface area contributed by atoms with Gasteiger partial charge in [0, 0.05) is 25.4 Å². The minimum Gasteiger partial charge on any atom is -0.477 e. The summed E-state index contributed by atoms with van der Waals surface area (Å²) in [6.45, 7) is 0.750. The van der Waals surface area contributed by atoms with E-state index in [1.54, 1.807) is 0 Å². The molecule has 1 aliphatic rings. The number of hydrogen-bond acceptors (Lipinski definition) is 5. The van der Waals surface area contributed by atoms with Crippen LogP contribution in [-0.2, 0) is 0 Å². The number of benzene rings is 1. The third kappa shape index (κ3) is 3.26. The van der Waals surface area contributed by atoms with Gasteiger partial charge in [-0.2, -0.15) is 0 Å². The highest BCUT2D eigenvalue weighted by Gasteiger charge is 2.31. The Hall–Kier alpha value is -2.41. The van der Waals surface area contributed by atoms with Crippen LogP contribution in [0.15, 0.2) is 30.6 Å². The number of likely N-dealkylation sites (tertiary alicyclic amines) is 1. The van der Waals surface area contributed by atoms with Gasteiger partial charge in [-0.15, -0.1) is 0 Å². The molecule has 2 heterocycles. The molecule has 1 aliphatic heterocycles. The summed E-state index contributed by atoms with van der Waals surface area (Å²) >= 11 is 5.95.